The number of hydrogen-bond donors (Lipinski definition) is 0. The Labute approximate surface area is 144 Å². The first-order valence-corrected chi connectivity index (χ1v) is 8.23. The van der Waals surface area contributed by atoms with Gasteiger partial charge in [-0.2, -0.15) is 0 Å². The summed E-state index contributed by atoms with van der Waals surface area (Å²) in [7, 11) is 0. The summed E-state index contributed by atoms with van der Waals surface area (Å²) in [6.07, 6.45) is 7.09. The summed E-state index contributed by atoms with van der Waals surface area (Å²) in [5.41, 5.74) is 6.03. The van der Waals surface area contributed by atoms with Crippen LogP contribution in [0.25, 0.3) is 17.2 Å². The monoisotopic (exact) mass is 311 g/mol. The molecular weight excluding hydrogens is 290 g/mol. The molecule has 1 nitrogen and oxygen atoms in total. The third-order valence-corrected chi connectivity index (χ3v) is 4.07. The standard InChI is InChI=1S/C23H21N/c1-19(21-14-6-3-7-15-21)22(23-17-8-9-18-24-23)16-10-13-20-11-4-2-5-12-20/h2-15,17-18H,16H2,1H3/b13-10+,22-19-. The smallest absolute Gasteiger partial charge is 0.0667 e. The van der Waals surface area contributed by atoms with Crippen LogP contribution in [0, 0.1) is 0 Å². The predicted molar refractivity (Wildman–Crippen MR) is 103 cm³/mol. The Balaban J connectivity index is 1.93. The molecule has 0 amide bonds. The van der Waals surface area contributed by atoms with E-state index < -0.39 is 0 Å². The SMILES string of the molecule is C/C(=C(\C/C=C/c1ccccc1)c1ccccn1)c1ccccc1. The fourth-order valence-corrected chi connectivity index (χ4v) is 2.73. The Bertz CT molecular complexity index is 816. The molecule has 0 unspecified atom stereocenters. The maximum atomic E-state index is 4.56. The molecule has 0 fully saturated rings. The number of nitrogens with zero attached hydrogens (tertiary/aromatic N) is 1. The summed E-state index contributed by atoms with van der Waals surface area (Å²) in [5, 5.41) is 0. The van der Waals surface area contributed by atoms with Gasteiger partial charge in [-0.05, 0) is 47.8 Å². The van der Waals surface area contributed by atoms with Gasteiger partial charge in [0.2, 0.25) is 0 Å². The highest BCUT2D eigenvalue weighted by Crippen LogP contribution is 2.28. The van der Waals surface area contributed by atoms with Crippen molar-refractivity contribution >= 4 is 17.2 Å². The van der Waals surface area contributed by atoms with Crippen LogP contribution in [-0.4, -0.2) is 4.98 Å². The highest BCUT2D eigenvalue weighted by molar-refractivity contribution is 5.89. The first-order chi connectivity index (χ1) is 11.8. The van der Waals surface area contributed by atoms with Crippen LogP contribution >= 0.6 is 0 Å². The van der Waals surface area contributed by atoms with Crippen LogP contribution in [0.5, 0.6) is 0 Å². The van der Waals surface area contributed by atoms with Gasteiger partial charge in [0, 0.05) is 6.20 Å². The van der Waals surface area contributed by atoms with Crippen LogP contribution < -0.4 is 0 Å². The number of pyridine rings is 1. The topological polar surface area (TPSA) is 12.9 Å². The van der Waals surface area contributed by atoms with Crippen molar-refractivity contribution in [3.8, 4) is 0 Å². The van der Waals surface area contributed by atoms with Crippen molar-refractivity contribution in [2.45, 2.75) is 13.3 Å². The van der Waals surface area contributed by atoms with E-state index in [4.69, 9.17) is 0 Å². The first-order valence-electron chi connectivity index (χ1n) is 8.23. The van der Waals surface area contributed by atoms with Crippen LogP contribution in [0.3, 0.4) is 0 Å². The molecule has 0 saturated carbocycles. The van der Waals surface area contributed by atoms with E-state index in [9.17, 15) is 0 Å². The molecule has 0 N–H and O–H groups in total. The van der Waals surface area contributed by atoms with Crippen molar-refractivity contribution in [1.82, 2.24) is 4.98 Å². The highest BCUT2D eigenvalue weighted by Gasteiger charge is 2.07. The molecular formula is C23H21N. The Kier molecular flexibility index (Phi) is 5.36. The number of aromatic nitrogens is 1. The van der Waals surface area contributed by atoms with E-state index in [-0.39, 0.29) is 0 Å². The van der Waals surface area contributed by atoms with Gasteiger partial charge in [0.1, 0.15) is 0 Å². The molecule has 1 heterocycles. The lowest BCUT2D eigenvalue weighted by Gasteiger charge is -2.11. The molecule has 3 rings (SSSR count). The van der Waals surface area contributed by atoms with Crippen LogP contribution in [0.2, 0.25) is 0 Å². The predicted octanol–water partition coefficient (Wildman–Crippen LogP) is 6.12. The Morgan fingerprint density at radius 3 is 2.17 bits per heavy atom. The molecule has 0 aliphatic heterocycles. The zero-order valence-electron chi connectivity index (χ0n) is 13.9. The van der Waals surface area contributed by atoms with E-state index in [0.29, 0.717) is 0 Å². The van der Waals surface area contributed by atoms with Crippen LogP contribution in [-0.2, 0) is 0 Å². The van der Waals surface area contributed by atoms with Gasteiger partial charge in [0.15, 0.2) is 0 Å². The fourth-order valence-electron chi connectivity index (χ4n) is 2.73. The van der Waals surface area contributed by atoms with Crippen molar-refractivity contribution in [3.63, 3.8) is 0 Å². The van der Waals surface area contributed by atoms with Gasteiger partial charge in [-0.3, -0.25) is 4.98 Å². The average Bonchev–Trinajstić information content (AvgIpc) is 2.67. The van der Waals surface area contributed by atoms with E-state index in [1.54, 1.807) is 0 Å². The van der Waals surface area contributed by atoms with Gasteiger partial charge in [-0.1, -0.05) is 78.9 Å². The van der Waals surface area contributed by atoms with E-state index in [1.807, 2.05) is 30.5 Å². The zero-order valence-corrected chi connectivity index (χ0v) is 13.9. The normalized spacial score (nSPS) is 12.2. The zero-order chi connectivity index (χ0) is 16.6. The van der Waals surface area contributed by atoms with E-state index in [2.05, 4.69) is 78.7 Å². The van der Waals surface area contributed by atoms with Crippen LogP contribution in [0.15, 0.2) is 91.1 Å². The third-order valence-electron chi connectivity index (χ3n) is 4.07. The summed E-state index contributed by atoms with van der Waals surface area (Å²) >= 11 is 0. The Hall–Kier alpha value is -2.93. The number of rotatable bonds is 5. The molecule has 0 spiro atoms. The average molecular weight is 311 g/mol. The molecule has 2 aromatic carbocycles. The van der Waals surface area contributed by atoms with Gasteiger partial charge < -0.3 is 0 Å². The molecule has 118 valence electrons. The van der Waals surface area contributed by atoms with Gasteiger partial charge in [-0.15, -0.1) is 0 Å². The van der Waals surface area contributed by atoms with Crippen molar-refractivity contribution in [1.29, 1.82) is 0 Å². The molecule has 3 aromatic rings. The molecule has 1 heteroatoms. The second-order valence-corrected chi connectivity index (χ2v) is 5.70. The summed E-state index contributed by atoms with van der Waals surface area (Å²) in [4.78, 5) is 4.56. The quantitative estimate of drug-likeness (QED) is 0.553. The first kappa shape index (κ1) is 15.9. The lowest BCUT2D eigenvalue weighted by Crippen LogP contribution is -1.92. The van der Waals surface area contributed by atoms with Crippen LogP contribution in [0.1, 0.15) is 30.2 Å². The number of allylic oxidation sites excluding steroid dienone is 3. The maximum absolute atomic E-state index is 4.56. The lowest BCUT2D eigenvalue weighted by atomic mass is 9.96. The van der Waals surface area contributed by atoms with Crippen LogP contribution in [0.4, 0.5) is 0 Å². The van der Waals surface area contributed by atoms with Gasteiger partial charge >= 0.3 is 0 Å². The highest BCUT2D eigenvalue weighted by atomic mass is 14.7. The largest absolute Gasteiger partial charge is 0.257 e. The van der Waals surface area contributed by atoms with E-state index in [0.717, 1.165) is 12.1 Å². The molecule has 0 saturated heterocycles. The minimum Gasteiger partial charge on any atom is -0.257 e. The van der Waals surface area contributed by atoms with Crippen molar-refractivity contribution < 1.29 is 0 Å². The molecule has 1 aromatic heterocycles. The van der Waals surface area contributed by atoms with Crippen molar-refractivity contribution in [2.24, 2.45) is 0 Å². The van der Waals surface area contributed by atoms with E-state index >= 15 is 0 Å². The third kappa shape index (κ3) is 4.08. The lowest BCUT2D eigenvalue weighted by molar-refractivity contribution is 1.23. The summed E-state index contributed by atoms with van der Waals surface area (Å²) in [6.45, 7) is 2.18. The fraction of sp³-hybridized carbons (Fsp3) is 0.0870. The number of hydrogen-bond acceptors (Lipinski definition) is 1. The maximum Gasteiger partial charge on any atom is 0.0667 e. The molecule has 0 aliphatic carbocycles. The molecule has 0 aliphatic rings. The van der Waals surface area contributed by atoms with Gasteiger partial charge in [0.05, 0.1) is 5.69 Å². The minimum absolute atomic E-state index is 0.854. The Morgan fingerprint density at radius 1 is 0.833 bits per heavy atom. The second kappa shape index (κ2) is 8.07. The number of benzene rings is 2. The second-order valence-electron chi connectivity index (χ2n) is 5.70. The minimum atomic E-state index is 0.854. The van der Waals surface area contributed by atoms with Gasteiger partial charge in [-0.25, -0.2) is 0 Å². The molecule has 0 atom stereocenters. The van der Waals surface area contributed by atoms with Crippen molar-refractivity contribution in [2.75, 3.05) is 0 Å². The van der Waals surface area contributed by atoms with E-state index in [1.165, 1.54) is 22.3 Å². The van der Waals surface area contributed by atoms with Crippen molar-refractivity contribution in [3.05, 3.63) is 108 Å². The molecule has 0 bridgehead atoms. The van der Waals surface area contributed by atoms with Gasteiger partial charge in [0.25, 0.3) is 0 Å². The Morgan fingerprint density at radius 2 is 1.50 bits per heavy atom. The summed E-state index contributed by atoms with van der Waals surface area (Å²) in [5.74, 6) is 0. The summed E-state index contributed by atoms with van der Waals surface area (Å²) < 4.78 is 0. The molecule has 0 radical (unpaired) electrons. The molecule has 24 heavy (non-hydrogen) atoms. The summed E-state index contributed by atoms with van der Waals surface area (Å²) in [6, 6.07) is 27.0.